The van der Waals surface area contributed by atoms with Crippen molar-refractivity contribution in [2.75, 3.05) is 6.54 Å². The van der Waals surface area contributed by atoms with E-state index in [1.165, 1.54) is 0 Å². The first-order chi connectivity index (χ1) is 10.2. The Kier molecular flexibility index (Phi) is 5.75. The zero-order valence-electron chi connectivity index (χ0n) is 12.0. The number of hydrogen-bond acceptors (Lipinski definition) is 3. The molecule has 1 heterocycles. The molecule has 0 aromatic heterocycles. The highest BCUT2D eigenvalue weighted by Gasteiger charge is 2.25. The molecule has 1 aliphatic rings. The second-order valence-electron chi connectivity index (χ2n) is 5.45. The fourth-order valence-electron chi connectivity index (χ4n) is 2.57. The smallest absolute Gasteiger partial charge is 0.326 e. The van der Waals surface area contributed by atoms with E-state index in [9.17, 15) is 14.7 Å². The van der Waals surface area contributed by atoms with Crippen LogP contribution in [0.2, 0.25) is 0 Å². The summed E-state index contributed by atoms with van der Waals surface area (Å²) in [7, 11) is 0. The van der Waals surface area contributed by atoms with Crippen molar-refractivity contribution in [3.63, 3.8) is 0 Å². The van der Waals surface area contributed by atoms with E-state index < -0.39 is 12.0 Å². The highest BCUT2D eigenvalue weighted by Crippen LogP contribution is 2.09. The fourth-order valence-corrected chi connectivity index (χ4v) is 2.57. The molecule has 0 saturated carbocycles. The quantitative estimate of drug-likeness (QED) is 0.764. The number of aliphatic carboxylic acids is 1. The maximum Gasteiger partial charge on any atom is 0.326 e. The summed E-state index contributed by atoms with van der Waals surface area (Å²) in [6.07, 6.45) is 4.25. The molecule has 0 spiro atoms. The number of benzene rings is 1. The highest BCUT2D eigenvalue weighted by atomic mass is 16.4. The zero-order chi connectivity index (χ0) is 15.1. The van der Waals surface area contributed by atoms with E-state index in [2.05, 4.69) is 10.6 Å². The molecule has 21 heavy (non-hydrogen) atoms. The van der Waals surface area contributed by atoms with E-state index >= 15 is 0 Å². The lowest BCUT2D eigenvalue weighted by atomic mass is 10.0. The first kappa shape index (κ1) is 15.5. The molecule has 1 unspecified atom stereocenters. The van der Waals surface area contributed by atoms with E-state index in [4.69, 9.17) is 0 Å². The molecule has 1 saturated heterocycles. The Morgan fingerprint density at radius 3 is 2.71 bits per heavy atom. The molecule has 0 bridgehead atoms. The molecule has 114 valence electrons. The molecule has 0 radical (unpaired) electrons. The summed E-state index contributed by atoms with van der Waals surface area (Å²) in [6.45, 7) is 0.814. The van der Waals surface area contributed by atoms with Crippen LogP contribution < -0.4 is 10.6 Å². The molecule has 2 rings (SSSR count). The van der Waals surface area contributed by atoms with Crippen LogP contribution in [0, 0.1) is 0 Å². The second-order valence-corrected chi connectivity index (χ2v) is 5.45. The van der Waals surface area contributed by atoms with Gasteiger partial charge in [0.2, 0.25) is 5.91 Å². The van der Waals surface area contributed by atoms with Crippen LogP contribution in [0.1, 0.15) is 31.2 Å². The van der Waals surface area contributed by atoms with Crippen molar-refractivity contribution in [2.45, 2.75) is 44.2 Å². The normalized spacial score (nSPS) is 20.3. The number of carbonyl (C=O) groups is 2. The van der Waals surface area contributed by atoms with Gasteiger partial charge in [-0.1, -0.05) is 43.2 Å². The summed E-state index contributed by atoms with van der Waals surface area (Å²) in [5.41, 5.74) is 0.902. The van der Waals surface area contributed by atoms with Gasteiger partial charge in [-0.05, 0) is 24.9 Å². The fraction of sp³-hybridized carbons (Fsp3) is 0.500. The standard InChI is InChI=1S/C16H22N2O3/c19-15(13-9-5-2-6-10-17-13)18-14(16(20)21)11-12-7-3-1-4-8-12/h1,3-4,7-8,13-14,17H,2,5-6,9-11H2,(H,18,19)(H,20,21)/t13?,14-/m1/s1. The van der Waals surface area contributed by atoms with Gasteiger partial charge in [0.15, 0.2) is 0 Å². The van der Waals surface area contributed by atoms with Gasteiger partial charge in [-0.25, -0.2) is 4.79 Å². The monoisotopic (exact) mass is 290 g/mol. The third kappa shape index (κ3) is 4.86. The number of carboxylic acid groups (broad SMARTS) is 1. The van der Waals surface area contributed by atoms with Gasteiger partial charge in [0.25, 0.3) is 0 Å². The van der Waals surface area contributed by atoms with Crippen molar-refractivity contribution in [1.82, 2.24) is 10.6 Å². The van der Waals surface area contributed by atoms with Crippen LogP contribution in [0.4, 0.5) is 0 Å². The zero-order valence-corrected chi connectivity index (χ0v) is 12.0. The van der Waals surface area contributed by atoms with Gasteiger partial charge in [-0.2, -0.15) is 0 Å². The van der Waals surface area contributed by atoms with Gasteiger partial charge in [-0.15, -0.1) is 0 Å². The van der Waals surface area contributed by atoms with Gasteiger partial charge >= 0.3 is 5.97 Å². The van der Waals surface area contributed by atoms with Crippen molar-refractivity contribution < 1.29 is 14.7 Å². The first-order valence-corrected chi connectivity index (χ1v) is 7.47. The minimum Gasteiger partial charge on any atom is -0.480 e. The number of carboxylic acids is 1. The summed E-state index contributed by atoms with van der Waals surface area (Å²) in [4.78, 5) is 23.6. The molecule has 1 aliphatic heterocycles. The predicted octanol–water partition coefficient (Wildman–Crippen LogP) is 1.33. The Balaban J connectivity index is 1.95. The Morgan fingerprint density at radius 2 is 2.00 bits per heavy atom. The van der Waals surface area contributed by atoms with Gasteiger partial charge in [-0.3, -0.25) is 4.79 Å². The second kappa shape index (κ2) is 7.78. The molecule has 5 nitrogen and oxygen atoms in total. The predicted molar refractivity (Wildman–Crippen MR) is 80.0 cm³/mol. The molecule has 1 amide bonds. The molecular formula is C16H22N2O3. The SMILES string of the molecule is O=C(N[C@H](Cc1ccccc1)C(=O)O)C1CCCCCN1. The van der Waals surface area contributed by atoms with Gasteiger partial charge in [0.1, 0.15) is 6.04 Å². The molecule has 1 aromatic carbocycles. The van der Waals surface area contributed by atoms with Crippen LogP contribution >= 0.6 is 0 Å². The van der Waals surface area contributed by atoms with Crippen LogP contribution in [-0.2, 0) is 16.0 Å². The Bertz CT molecular complexity index is 468. The number of nitrogens with one attached hydrogen (secondary N) is 2. The lowest BCUT2D eigenvalue weighted by molar-refractivity contribution is -0.142. The van der Waals surface area contributed by atoms with E-state index in [1.54, 1.807) is 0 Å². The van der Waals surface area contributed by atoms with Crippen LogP contribution in [0.3, 0.4) is 0 Å². The largest absolute Gasteiger partial charge is 0.480 e. The van der Waals surface area contributed by atoms with Crippen molar-refractivity contribution >= 4 is 11.9 Å². The lowest BCUT2D eigenvalue weighted by Crippen LogP contribution is -2.50. The van der Waals surface area contributed by atoms with Crippen molar-refractivity contribution in [2.24, 2.45) is 0 Å². The lowest BCUT2D eigenvalue weighted by Gasteiger charge is -2.20. The Morgan fingerprint density at radius 1 is 1.24 bits per heavy atom. The van der Waals surface area contributed by atoms with Gasteiger partial charge in [0, 0.05) is 6.42 Å². The summed E-state index contributed by atoms with van der Waals surface area (Å²) < 4.78 is 0. The van der Waals surface area contributed by atoms with E-state index in [0.29, 0.717) is 6.42 Å². The van der Waals surface area contributed by atoms with E-state index in [0.717, 1.165) is 37.8 Å². The number of amides is 1. The average molecular weight is 290 g/mol. The Labute approximate surface area is 124 Å². The molecule has 1 fully saturated rings. The molecule has 1 aromatic rings. The third-order valence-corrected chi connectivity index (χ3v) is 3.77. The average Bonchev–Trinajstić information content (AvgIpc) is 2.76. The molecule has 5 heteroatoms. The van der Waals surface area contributed by atoms with Crippen molar-refractivity contribution in [3.05, 3.63) is 35.9 Å². The van der Waals surface area contributed by atoms with Crippen LogP contribution in [0.5, 0.6) is 0 Å². The molecule has 2 atom stereocenters. The summed E-state index contributed by atoms with van der Waals surface area (Å²) >= 11 is 0. The number of hydrogen-bond donors (Lipinski definition) is 3. The summed E-state index contributed by atoms with van der Waals surface area (Å²) in [5.74, 6) is -1.21. The molecule has 3 N–H and O–H groups in total. The first-order valence-electron chi connectivity index (χ1n) is 7.47. The van der Waals surface area contributed by atoms with Crippen molar-refractivity contribution in [3.8, 4) is 0 Å². The topological polar surface area (TPSA) is 78.4 Å². The molecular weight excluding hydrogens is 268 g/mol. The minimum absolute atomic E-state index is 0.208. The van der Waals surface area contributed by atoms with Gasteiger partial charge < -0.3 is 15.7 Å². The van der Waals surface area contributed by atoms with Crippen LogP contribution in [0.15, 0.2) is 30.3 Å². The van der Waals surface area contributed by atoms with E-state index in [1.807, 2.05) is 30.3 Å². The maximum absolute atomic E-state index is 12.2. The van der Waals surface area contributed by atoms with Gasteiger partial charge in [0.05, 0.1) is 6.04 Å². The van der Waals surface area contributed by atoms with E-state index in [-0.39, 0.29) is 11.9 Å². The molecule has 0 aliphatic carbocycles. The van der Waals surface area contributed by atoms with Crippen molar-refractivity contribution in [1.29, 1.82) is 0 Å². The maximum atomic E-state index is 12.2. The minimum atomic E-state index is -0.999. The summed E-state index contributed by atoms with van der Waals surface area (Å²) in [5, 5.41) is 15.1. The third-order valence-electron chi connectivity index (χ3n) is 3.77. The van der Waals surface area contributed by atoms with Crippen LogP contribution in [-0.4, -0.2) is 35.6 Å². The number of rotatable bonds is 5. The van der Waals surface area contributed by atoms with Crippen LogP contribution in [0.25, 0.3) is 0 Å². The number of carbonyl (C=O) groups excluding carboxylic acids is 1. The highest BCUT2D eigenvalue weighted by molar-refractivity contribution is 5.87. The summed E-state index contributed by atoms with van der Waals surface area (Å²) in [6, 6.07) is 8.19. The Hall–Kier alpha value is -1.88.